The van der Waals surface area contributed by atoms with E-state index >= 15 is 0 Å². The van der Waals surface area contributed by atoms with Crippen molar-refractivity contribution in [2.24, 2.45) is 0 Å². The Kier molecular flexibility index (Phi) is 6.38. The molecule has 0 bridgehead atoms. The standard InChI is InChI=1S/C20H24N2O4S/c1-20(2,3)22-19(24)16-11-9-15(10-12-16)13-27(25,26)14-18(23)21-17-7-5-4-6-8-17/h4-12H,13-14H2,1-3H3,(H,21,23)(H,22,24). The SMILES string of the molecule is CC(C)(C)NC(=O)c1ccc(CS(=O)(=O)CC(=O)Nc2ccccc2)cc1. The molecule has 0 unspecified atom stereocenters. The van der Waals surface area contributed by atoms with Gasteiger partial charge in [0.1, 0.15) is 5.75 Å². The van der Waals surface area contributed by atoms with Crippen LogP contribution in [0.15, 0.2) is 54.6 Å². The quantitative estimate of drug-likeness (QED) is 0.796. The lowest BCUT2D eigenvalue weighted by Gasteiger charge is -2.20. The van der Waals surface area contributed by atoms with Crippen LogP contribution in [0, 0.1) is 0 Å². The predicted octanol–water partition coefficient (Wildman–Crippen LogP) is 2.77. The van der Waals surface area contributed by atoms with Crippen molar-refractivity contribution in [2.45, 2.75) is 32.1 Å². The molecule has 2 N–H and O–H groups in total. The van der Waals surface area contributed by atoms with Crippen LogP contribution < -0.4 is 10.6 Å². The number of para-hydroxylation sites is 1. The Balaban J connectivity index is 1.97. The van der Waals surface area contributed by atoms with Gasteiger partial charge >= 0.3 is 0 Å². The van der Waals surface area contributed by atoms with Gasteiger partial charge in [-0.05, 0) is 50.6 Å². The zero-order chi connectivity index (χ0) is 20.1. The molecule has 27 heavy (non-hydrogen) atoms. The van der Waals surface area contributed by atoms with Gasteiger partial charge in [0, 0.05) is 16.8 Å². The maximum Gasteiger partial charge on any atom is 0.251 e. The Labute approximate surface area is 159 Å². The average molecular weight is 388 g/mol. The largest absolute Gasteiger partial charge is 0.347 e. The zero-order valence-electron chi connectivity index (χ0n) is 15.7. The molecule has 7 heteroatoms. The molecule has 2 aromatic rings. The highest BCUT2D eigenvalue weighted by molar-refractivity contribution is 7.91. The molecule has 144 valence electrons. The fourth-order valence-corrected chi connectivity index (χ4v) is 3.66. The second kappa shape index (κ2) is 8.35. The Morgan fingerprint density at radius 1 is 0.926 bits per heavy atom. The molecule has 0 atom stereocenters. The number of hydrogen-bond donors (Lipinski definition) is 2. The van der Waals surface area contributed by atoms with Crippen LogP contribution in [-0.2, 0) is 20.4 Å². The van der Waals surface area contributed by atoms with Crippen molar-refractivity contribution in [1.29, 1.82) is 0 Å². The van der Waals surface area contributed by atoms with E-state index in [4.69, 9.17) is 0 Å². The topological polar surface area (TPSA) is 92.3 Å². The van der Waals surface area contributed by atoms with Crippen molar-refractivity contribution in [1.82, 2.24) is 5.32 Å². The van der Waals surface area contributed by atoms with E-state index in [1.165, 1.54) is 0 Å². The number of sulfone groups is 1. The third kappa shape index (κ3) is 7.22. The molecular formula is C20H24N2O4S. The van der Waals surface area contributed by atoms with Crippen LogP contribution in [-0.4, -0.2) is 31.5 Å². The van der Waals surface area contributed by atoms with E-state index in [1.54, 1.807) is 54.6 Å². The maximum atomic E-state index is 12.3. The van der Waals surface area contributed by atoms with Crippen LogP contribution >= 0.6 is 0 Å². The summed E-state index contributed by atoms with van der Waals surface area (Å²) >= 11 is 0. The smallest absolute Gasteiger partial charge is 0.251 e. The molecule has 2 amide bonds. The van der Waals surface area contributed by atoms with E-state index in [-0.39, 0.29) is 17.2 Å². The first-order chi connectivity index (χ1) is 12.5. The molecule has 0 aliphatic heterocycles. The monoisotopic (exact) mass is 388 g/mol. The number of carbonyl (C=O) groups excluding carboxylic acids is 2. The number of benzene rings is 2. The third-order valence-corrected chi connectivity index (χ3v) is 4.97. The summed E-state index contributed by atoms with van der Waals surface area (Å²) in [5.74, 6) is -1.67. The summed E-state index contributed by atoms with van der Waals surface area (Å²) < 4.78 is 24.5. The summed E-state index contributed by atoms with van der Waals surface area (Å²) in [5, 5.41) is 5.40. The molecule has 0 saturated heterocycles. The highest BCUT2D eigenvalue weighted by Gasteiger charge is 2.19. The molecule has 0 aliphatic rings. The second-order valence-electron chi connectivity index (χ2n) is 7.35. The Morgan fingerprint density at radius 3 is 2.07 bits per heavy atom. The highest BCUT2D eigenvalue weighted by Crippen LogP contribution is 2.12. The van der Waals surface area contributed by atoms with Crippen molar-refractivity contribution >= 4 is 27.3 Å². The molecule has 0 aliphatic carbocycles. The Bertz CT molecular complexity index is 899. The summed E-state index contributed by atoms with van der Waals surface area (Å²) in [6.07, 6.45) is 0. The molecule has 0 fully saturated rings. The van der Waals surface area contributed by atoms with E-state index in [0.29, 0.717) is 16.8 Å². The van der Waals surface area contributed by atoms with Crippen LogP contribution in [0.3, 0.4) is 0 Å². The Hall–Kier alpha value is -2.67. The number of anilines is 1. The number of carbonyl (C=O) groups is 2. The van der Waals surface area contributed by atoms with Crippen molar-refractivity contribution in [3.05, 3.63) is 65.7 Å². The fourth-order valence-electron chi connectivity index (χ4n) is 2.39. The van der Waals surface area contributed by atoms with Gasteiger partial charge in [0.2, 0.25) is 5.91 Å². The molecule has 0 aromatic heterocycles. The normalized spacial score (nSPS) is 11.7. The first-order valence-corrected chi connectivity index (χ1v) is 10.3. The maximum absolute atomic E-state index is 12.3. The van der Waals surface area contributed by atoms with Crippen LogP contribution in [0.25, 0.3) is 0 Å². The van der Waals surface area contributed by atoms with Crippen molar-refractivity contribution in [3.8, 4) is 0 Å². The van der Waals surface area contributed by atoms with Gasteiger partial charge in [0.25, 0.3) is 5.91 Å². The molecule has 2 rings (SSSR count). The van der Waals surface area contributed by atoms with Crippen LogP contribution in [0.2, 0.25) is 0 Å². The lowest BCUT2D eigenvalue weighted by atomic mass is 10.1. The number of rotatable bonds is 6. The lowest BCUT2D eigenvalue weighted by molar-refractivity contribution is -0.113. The van der Waals surface area contributed by atoms with Gasteiger partial charge in [0.05, 0.1) is 5.75 Å². The van der Waals surface area contributed by atoms with Crippen LogP contribution in [0.5, 0.6) is 0 Å². The number of nitrogens with one attached hydrogen (secondary N) is 2. The zero-order valence-corrected chi connectivity index (χ0v) is 16.5. The van der Waals surface area contributed by atoms with Gasteiger partial charge in [0.15, 0.2) is 9.84 Å². The number of amides is 2. The van der Waals surface area contributed by atoms with Gasteiger partial charge in [-0.1, -0.05) is 30.3 Å². The summed E-state index contributed by atoms with van der Waals surface area (Å²) in [7, 11) is -3.63. The van der Waals surface area contributed by atoms with Gasteiger partial charge in [-0.25, -0.2) is 8.42 Å². The van der Waals surface area contributed by atoms with E-state index in [0.717, 1.165) is 0 Å². The average Bonchev–Trinajstić information content (AvgIpc) is 2.53. The second-order valence-corrected chi connectivity index (χ2v) is 9.41. The number of hydrogen-bond acceptors (Lipinski definition) is 4. The molecule has 0 spiro atoms. The van der Waals surface area contributed by atoms with E-state index < -0.39 is 21.5 Å². The Morgan fingerprint density at radius 2 is 1.52 bits per heavy atom. The van der Waals surface area contributed by atoms with Crippen LogP contribution in [0.4, 0.5) is 5.69 Å². The molecule has 2 aromatic carbocycles. The van der Waals surface area contributed by atoms with Gasteiger partial charge < -0.3 is 10.6 Å². The van der Waals surface area contributed by atoms with Crippen molar-refractivity contribution in [2.75, 3.05) is 11.1 Å². The minimum atomic E-state index is -3.63. The predicted molar refractivity (Wildman–Crippen MR) is 106 cm³/mol. The minimum Gasteiger partial charge on any atom is -0.347 e. The van der Waals surface area contributed by atoms with Crippen molar-refractivity contribution < 1.29 is 18.0 Å². The first-order valence-electron chi connectivity index (χ1n) is 8.51. The van der Waals surface area contributed by atoms with Gasteiger partial charge in [-0.2, -0.15) is 0 Å². The molecule has 0 heterocycles. The fraction of sp³-hybridized carbons (Fsp3) is 0.300. The third-order valence-electron chi connectivity index (χ3n) is 3.50. The molecule has 0 radical (unpaired) electrons. The summed E-state index contributed by atoms with van der Waals surface area (Å²) in [4.78, 5) is 24.0. The van der Waals surface area contributed by atoms with Crippen molar-refractivity contribution in [3.63, 3.8) is 0 Å². The van der Waals surface area contributed by atoms with E-state index in [2.05, 4.69) is 10.6 Å². The molecular weight excluding hydrogens is 364 g/mol. The minimum absolute atomic E-state index is 0.223. The highest BCUT2D eigenvalue weighted by atomic mass is 32.2. The first kappa shape index (κ1) is 20.6. The summed E-state index contributed by atoms with van der Waals surface area (Å²) in [5.41, 5.74) is 1.17. The van der Waals surface area contributed by atoms with Crippen LogP contribution in [0.1, 0.15) is 36.7 Å². The summed E-state index contributed by atoms with van der Waals surface area (Å²) in [6, 6.07) is 15.0. The molecule has 6 nitrogen and oxygen atoms in total. The summed E-state index contributed by atoms with van der Waals surface area (Å²) in [6.45, 7) is 5.64. The van der Waals surface area contributed by atoms with E-state index in [9.17, 15) is 18.0 Å². The molecule has 0 saturated carbocycles. The van der Waals surface area contributed by atoms with E-state index in [1.807, 2.05) is 20.8 Å². The lowest BCUT2D eigenvalue weighted by Crippen LogP contribution is -2.40. The van der Waals surface area contributed by atoms with Gasteiger partial charge in [-0.3, -0.25) is 9.59 Å². The van der Waals surface area contributed by atoms with Gasteiger partial charge in [-0.15, -0.1) is 0 Å².